The largest absolute Gasteiger partial charge is 0.326 e. The second kappa shape index (κ2) is 6.72. The van der Waals surface area contributed by atoms with Gasteiger partial charge >= 0.3 is 0 Å². The predicted octanol–water partition coefficient (Wildman–Crippen LogP) is 4.23. The van der Waals surface area contributed by atoms with E-state index in [-0.39, 0.29) is 12.1 Å². The molecule has 108 valence electrons. The highest BCUT2D eigenvalue weighted by atomic mass is 35.5. The van der Waals surface area contributed by atoms with Gasteiger partial charge in [-0.05, 0) is 44.2 Å². The lowest BCUT2D eigenvalue weighted by Crippen LogP contribution is -2.37. The molecule has 0 fully saturated rings. The van der Waals surface area contributed by atoms with E-state index >= 15 is 0 Å². The summed E-state index contributed by atoms with van der Waals surface area (Å²) in [5.74, 6) is 0. The first-order chi connectivity index (χ1) is 9.49. The van der Waals surface area contributed by atoms with Crippen molar-refractivity contribution in [3.63, 3.8) is 0 Å². The second-order valence-corrected chi connectivity index (χ2v) is 7.08. The van der Waals surface area contributed by atoms with Gasteiger partial charge in [0, 0.05) is 23.5 Å². The van der Waals surface area contributed by atoms with Crippen LogP contribution in [-0.4, -0.2) is 18.0 Å². The van der Waals surface area contributed by atoms with Crippen LogP contribution in [0.1, 0.15) is 29.0 Å². The first kappa shape index (κ1) is 15.5. The number of halogens is 1. The topological polar surface area (TPSA) is 29.3 Å². The number of nitrogens with two attached hydrogens (primary N) is 1. The summed E-state index contributed by atoms with van der Waals surface area (Å²) in [5, 5.41) is 0. The third-order valence-electron chi connectivity index (χ3n) is 3.51. The number of hydrogen-bond donors (Lipinski definition) is 1. The van der Waals surface area contributed by atoms with E-state index in [9.17, 15) is 0 Å². The van der Waals surface area contributed by atoms with E-state index in [1.807, 2.05) is 6.07 Å². The van der Waals surface area contributed by atoms with Gasteiger partial charge in [-0.3, -0.25) is 4.90 Å². The SMILES string of the molecule is Cc1ccccc1C(C(C)N)N(C)Cc1ccc(Cl)s1. The monoisotopic (exact) mass is 308 g/mol. The van der Waals surface area contributed by atoms with E-state index in [1.54, 1.807) is 11.3 Å². The number of aryl methyl sites for hydroxylation is 1. The van der Waals surface area contributed by atoms with Crippen LogP contribution in [0.3, 0.4) is 0 Å². The predicted molar refractivity (Wildman–Crippen MR) is 88.4 cm³/mol. The lowest BCUT2D eigenvalue weighted by molar-refractivity contribution is 0.212. The highest BCUT2D eigenvalue weighted by molar-refractivity contribution is 7.16. The average Bonchev–Trinajstić information content (AvgIpc) is 2.77. The first-order valence-electron chi connectivity index (χ1n) is 6.74. The van der Waals surface area contributed by atoms with Crippen LogP contribution < -0.4 is 5.73 Å². The van der Waals surface area contributed by atoms with Crippen molar-refractivity contribution >= 4 is 22.9 Å². The van der Waals surface area contributed by atoms with E-state index < -0.39 is 0 Å². The van der Waals surface area contributed by atoms with Crippen LogP contribution >= 0.6 is 22.9 Å². The molecule has 20 heavy (non-hydrogen) atoms. The van der Waals surface area contributed by atoms with Crippen molar-refractivity contribution in [3.05, 3.63) is 56.7 Å². The second-order valence-electron chi connectivity index (χ2n) is 5.28. The van der Waals surface area contributed by atoms with Gasteiger partial charge in [0.25, 0.3) is 0 Å². The summed E-state index contributed by atoms with van der Waals surface area (Å²) in [5.41, 5.74) is 8.81. The molecule has 2 rings (SSSR count). The smallest absolute Gasteiger partial charge is 0.0931 e. The van der Waals surface area contributed by atoms with Crippen molar-refractivity contribution in [3.8, 4) is 0 Å². The van der Waals surface area contributed by atoms with Gasteiger partial charge in [0.05, 0.1) is 4.34 Å². The molecule has 2 nitrogen and oxygen atoms in total. The van der Waals surface area contributed by atoms with Crippen LogP contribution in [0.5, 0.6) is 0 Å². The van der Waals surface area contributed by atoms with Gasteiger partial charge < -0.3 is 5.73 Å². The zero-order valence-corrected chi connectivity index (χ0v) is 13.7. The molecular weight excluding hydrogens is 288 g/mol. The Morgan fingerprint density at radius 1 is 1.25 bits per heavy atom. The fourth-order valence-electron chi connectivity index (χ4n) is 2.62. The summed E-state index contributed by atoms with van der Waals surface area (Å²) >= 11 is 7.63. The Bertz CT molecular complexity index is 565. The van der Waals surface area contributed by atoms with Crippen LogP contribution in [-0.2, 0) is 6.54 Å². The number of benzene rings is 1. The molecular formula is C16H21ClN2S. The molecule has 0 saturated heterocycles. The molecule has 0 saturated carbocycles. The van der Waals surface area contributed by atoms with Crippen molar-refractivity contribution in [2.24, 2.45) is 5.73 Å². The Kier molecular flexibility index (Phi) is 5.22. The first-order valence-corrected chi connectivity index (χ1v) is 7.94. The minimum Gasteiger partial charge on any atom is -0.326 e. The van der Waals surface area contributed by atoms with Crippen LogP contribution in [0, 0.1) is 6.92 Å². The zero-order valence-electron chi connectivity index (χ0n) is 12.1. The van der Waals surface area contributed by atoms with E-state index in [0.29, 0.717) is 0 Å². The number of likely N-dealkylation sites (N-methyl/N-ethyl adjacent to an activating group) is 1. The number of nitrogens with zero attached hydrogens (tertiary/aromatic N) is 1. The average molecular weight is 309 g/mol. The molecule has 1 aromatic heterocycles. The maximum Gasteiger partial charge on any atom is 0.0931 e. The molecule has 0 spiro atoms. The summed E-state index contributed by atoms with van der Waals surface area (Å²) < 4.78 is 0.835. The van der Waals surface area contributed by atoms with Crippen molar-refractivity contribution < 1.29 is 0 Å². The lowest BCUT2D eigenvalue weighted by atomic mass is 9.95. The highest BCUT2D eigenvalue weighted by Crippen LogP contribution is 2.29. The van der Waals surface area contributed by atoms with Gasteiger partial charge in [-0.2, -0.15) is 0 Å². The van der Waals surface area contributed by atoms with Crippen molar-refractivity contribution in [2.45, 2.75) is 32.5 Å². The molecule has 4 heteroatoms. The molecule has 2 atom stereocenters. The third kappa shape index (κ3) is 3.61. The molecule has 1 aromatic carbocycles. The Labute approximate surface area is 130 Å². The number of hydrogen-bond acceptors (Lipinski definition) is 3. The maximum absolute atomic E-state index is 6.23. The summed E-state index contributed by atoms with van der Waals surface area (Å²) in [6.07, 6.45) is 0. The van der Waals surface area contributed by atoms with Gasteiger partial charge in [0.15, 0.2) is 0 Å². The quantitative estimate of drug-likeness (QED) is 0.895. The molecule has 1 heterocycles. The molecule has 0 aliphatic heterocycles. The summed E-state index contributed by atoms with van der Waals surface area (Å²) in [6.45, 7) is 5.06. The van der Waals surface area contributed by atoms with Crippen molar-refractivity contribution in [2.75, 3.05) is 7.05 Å². The minimum atomic E-state index is 0.0662. The molecule has 0 aliphatic rings. The van der Waals surface area contributed by atoms with E-state index in [2.05, 4.69) is 56.1 Å². The fraction of sp³-hybridized carbons (Fsp3) is 0.375. The Morgan fingerprint density at radius 3 is 2.50 bits per heavy atom. The van der Waals surface area contributed by atoms with Gasteiger partial charge in [-0.15, -0.1) is 11.3 Å². The molecule has 0 bridgehead atoms. The van der Waals surface area contributed by atoms with Crippen LogP contribution in [0.25, 0.3) is 0 Å². The number of rotatable bonds is 5. The van der Waals surface area contributed by atoms with Crippen LogP contribution in [0.4, 0.5) is 0 Å². The number of thiophene rings is 1. The van der Waals surface area contributed by atoms with Crippen LogP contribution in [0.2, 0.25) is 4.34 Å². The molecule has 2 aromatic rings. The van der Waals surface area contributed by atoms with Crippen LogP contribution in [0.15, 0.2) is 36.4 Å². The van der Waals surface area contributed by atoms with Gasteiger partial charge in [0.1, 0.15) is 0 Å². The minimum absolute atomic E-state index is 0.0662. The Hall–Kier alpha value is -0.870. The summed E-state index contributed by atoms with van der Waals surface area (Å²) in [4.78, 5) is 3.56. The summed E-state index contributed by atoms with van der Waals surface area (Å²) in [7, 11) is 2.12. The van der Waals surface area contributed by atoms with Gasteiger partial charge in [-0.1, -0.05) is 35.9 Å². The molecule has 2 unspecified atom stereocenters. The highest BCUT2D eigenvalue weighted by Gasteiger charge is 2.22. The molecule has 0 radical (unpaired) electrons. The zero-order chi connectivity index (χ0) is 14.7. The van der Waals surface area contributed by atoms with Gasteiger partial charge in [0.2, 0.25) is 0 Å². The van der Waals surface area contributed by atoms with Crippen molar-refractivity contribution in [1.82, 2.24) is 4.90 Å². The van der Waals surface area contributed by atoms with Crippen molar-refractivity contribution in [1.29, 1.82) is 0 Å². The Morgan fingerprint density at radius 2 is 1.95 bits per heavy atom. The molecule has 2 N–H and O–H groups in total. The standard InChI is InChI=1S/C16H21ClN2S/c1-11-6-4-5-7-14(11)16(12(2)18)19(3)10-13-8-9-15(17)20-13/h4-9,12,16H,10,18H2,1-3H3. The fourth-order valence-corrected chi connectivity index (χ4v) is 3.77. The third-order valence-corrected chi connectivity index (χ3v) is 4.73. The summed E-state index contributed by atoms with van der Waals surface area (Å²) in [6, 6.07) is 12.8. The van der Waals surface area contributed by atoms with E-state index in [1.165, 1.54) is 16.0 Å². The molecule has 0 amide bonds. The lowest BCUT2D eigenvalue weighted by Gasteiger charge is -2.32. The maximum atomic E-state index is 6.23. The normalized spacial score (nSPS) is 14.5. The Balaban J connectivity index is 2.22. The van der Waals surface area contributed by atoms with E-state index in [0.717, 1.165) is 10.9 Å². The van der Waals surface area contributed by atoms with E-state index in [4.69, 9.17) is 17.3 Å². The molecule has 0 aliphatic carbocycles. The van der Waals surface area contributed by atoms with Gasteiger partial charge in [-0.25, -0.2) is 0 Å².